The topological polar surface area (TPSA) is 198 Å². The van der Waals surface area contributed by atoms with Gasteiger partial charge in [-0.15, -0.1) is 0 Å². The first-order chi connectivity index (χ1) is 34.5. The molecule has 0 fully saturated rings. The summed E-state index contributed by atoms with van der Waals surface area (Å²) in [5.41, 5.74) is 0.980. The molecule has 0 aromatic heterocycles. The van der Waals surface area contributed by atoms with E-state index in [0.29, 0.717) is 0 Å². The first-order valence-electron chi connectivity index (χ1n) is 23.4. The lowest BCUT2D eigenvalue weighted by atomic mass is 10.0. The Kier molecular flexibility index (Phi) is 15.4. The summed E-state index contributed by atoms with van der Waals surface area (Å²) in [5.74, 6) is -7.40. The Balaban J connectivity index is 1.17. The standard InChI is InChI=1S/C54H56Cl2N2O14Si2/c1-53(2,3)73(9,10)71-45(42(51(65)67-7)57-47(61)32-17-13-14-18-33(32)48(57)62)29-21-23-38(36(55)25-29)69-40-27-31(59)28-41(44(40)60)70-39-24-22-30(26-37(39)56)46(72-74(11,12)54(4,5)6)43(52(66)68-8)58-49(63)34-19-15-16-20-35(34)50(58)64/h13-28,42-43,45-46H,1-12H3/t42-,43+,45-,46-/m1/s1. The predicted octanol–water partition coefficient (Wildman–Crippen LogP) is 10.2. The van der Waals surface area contributed by atoms with E-state index in [1.165, 1.54) is 60.7 Å². The fourth-order valence-electron chi connectivity index (χ4n) is 8.00. The molecule has 4 aromatic rings. The van der Waals surface area contributed by atoms with Crippen LogP contribution in [0.5, 0.6) is 11.5 Å². The van der Waals surface area contributed by atoms with Crippen molar-refractivity contribution in [2.45, 2.75) is 102 Å². The summed E-state index contributed by atoms with van der Waals surface area (Å²) in [4.78, 5) is 112. The number of hydrogen-bond donors (Lipinski definition) is 0. The molecule has 0 bridgehead atoms. The number of Topliss-reactive ketones (excluding diaryl/α,β-unsaturated/α-hetero) is 1. The number of hydrogen-bond acceptors (Lipinski definition) is 14. The molecule has 20 heteroatoms. The van der Waals surface area contributed by atoms with Crippen LogP contribution in [0.2, 0.25) is 46.3 Å². The van der Waals surface area contributed by atoms with Crippen LogP contribution >= 0.6 is 23.2 Å². The lowest BCUT2D eigenvalue weighted by Crippen LogP contribution is -2.53. The summed E-state index contributed by atoms with van der Waals surface area (Å²) >= 11 is 13.7. The van der Waals surface area contributed by atoms with E-state index in [2.05, 4.69) is 0 Å². The number of fused-ring (bicyclic) bond motifs is 2. The molecule has 0 unspecified atom stereocenters. The number of ketones is 2. The van der Waals surface area contributed by atoms with E-state index in [1.54, 1.807) is 24.3 Å². The van der Waals surface area contributed by atoms with Gasteiger partial charge in [-0.3, -0.25) is 38.6 Å². The molecule has 3 aliphatic rings. The molecule has 2 aliphatic heterocycles. The summed E-state index contributed by atoms with van der Waals surface area (Å²) in [6.45, 7) is 19.6. The van der Waals surface area contributed by atoms with Gasteiger partial charge in [-0.2, -0.15) is 0 Å². The molecule has 0 saturated carbocycles. The summed E-state index contributed by atoms with van der Waals surface area (Å²) in [6, 6.07) is 17.8. The van der Waals surface area contributed by atoms with Crippen molar-refractivity contribution in [1.29, 1.82) is 0 Å². The maximum Gasteiger partial charge on any atom is 0.332 e. The van der Waals surface area contributed by atoms with E-state index in [1.807, 2.05) is 67.7 Å². The van der Waals surface area contributed by atoms with Gasteiger partial charge in [-0.1, -0.05) is 101 Å². The van der Waals surface area contributed by atoms with Crippen LogP contribution in [0.25, 0.3) is 0 Å². The first-order valence-corrected chi connectivity index (χ1v) is 30.0. The molecule has 388 valence electrons. The highest BCUT2D eigenvalue weighted by Gasteiger charge is 2.53. The monoisotopic (exact) mass is 1080 g/mol. The van der Waals surface area contributed by atoms with E-state index < -0.39 is 110 Å². The maximum absolute atomic E-state index is 14.1. The minimum atomic E-state index is -2.83. The molecular weight excluding hydrogens is 1030 g/mol. The maximum atomic E-state index is 14.1. The molecule has 4 aromatic carbocycles. The lowest BCUT2D eigenvalue weighted by Gasteiger charge is -2.42. The van der Waals surface area contributed by atoms with E-state index in [-0.39, 0.29) is 54.9 Å². The second kappa shape index (κ2) is 20.6. The van der Waals surface area contributed by atoms with Crippen LogP contribution in [-0.4, -0.2) is 99.9 Å². The Morgan fingerprint density at radius 3 is 1.09 bits per heavy atom. The van der Waals surface area contributed by atoms with Crippen LogP contribution in [-0.2, 0) is 37.5 Å². The van der Waals surface area contributed by atoms with Crippen LogP contribution in [0.15, 0.2) is 109 Å². The van der Waals surface area contributed by atoms with Gasteiger partial charge in [0.15, 0.2) is 46.0 Å². The van der Waals surface area contributed by atoms with E-state index in [0.717, 1.165) is 36.2 Å². The van der Waals surface area contributed by atoms with Gasteiger partial charge in [0.25, 0.3) is 29.4 Å². The number of ether oxygens (including phenoxy) is 4. The lowest BCUT2D eigenvalue weighted by molar-refractivity contribution is -0.149. The molecule has 0 radical (unpaired) electrons. The quantitative estimate of drug-likeness (QED) is 0.0444. The molecule has 74 heavy (non-hydrogen) atoms. The zero-order valence-corrected chi connectivity index (χ0v) is 46.4. The summed E-state index contributed by atoms with van der Waals surface area (Å²) in [7, 11) is -3.39. The number of amides is 4. The van der Waals surface area contributed by atoms with Crippen molar-refractivity contribution in [2.75, 3.05) is 14.2 Å². The smallest absolute Gasteiger partial charge is 0.332 e. The summed E-state index contributed by atoms with van der Waals surface area (Å²) < 4.78 is 36.1. The molecular formula is C54H56Cl2N2O14Si2. The highest BCUT2D eigenvalue weighted by atomic mass is 35.5. The van der Waals surface area contributed by atoms with Crippen molar-refractivity contribution >= 4 is 87.0 Å². The number of imide groups is 2. The van der Waals surface area contributed by atoms with Crippen LogP contribution in [0, 0.1) is 0 Å². The number of allylic oxidation sites excluding steroid dienone is 2. The average Bonchev–Trinajstić information content (AvgIpc) is 3.73. The van der Waals surface area contributed by atoms with Crippen molar-refractivity contribution in [2.24, 2.45) is 0 Å². The molecule has 2 heterocycles. The molecule has 0 saturated heterocycles. The minimum absolute atomic E-state index is 0.0983. The Morgan fingerprint density at radius 1 is 0.514 bits per heavy atom. The zero-order valence-electron chi connectivity index (χ0n) is 42.9. The van der Waals surface area contributed by atoms with Crippen molar-refractivity contribution in [1.82, 2.24) is 9.80 Å². The number of benzene rings is 4. The van der Waals surface area contributed by atoms with Gasteiger partial charge in [0.1, 0.15) is 23.7 Å². The van der Waals surface area contributed by atoms with Gasteiger partial charge in [0.05, 0.1) is 46.5 Å². The van der Waals surface area contributed by atoms with E-state index in [4.69, 9.17) is 51.0 Å². The Hall–Kier alpha value is -6.55. The van der Waals surface area contributed by atoms with E-state index in [9.17, 15) is 38.4 Å². The van der Waals surface area contributed by atoms with Gasteiger partial charge in [0.2, 0.25) is 0 Å². The van der Waals surface area contributed by atoms with Gasteiger partial charge in [0, 0.05) is 12.2 Å². The Bertz CT molecular complexity index is 2830. The fraction of sp³-hybridized carbons (Fsp3) is 0.333. The second-order valence-electron chi connectivity index (χ2n) is 20.9. The molecule has 0 N–H and O–H groups in total. The third-order valence-electron chi connectivity index (χ3n) is 14.1. The SMILES string of the molecule is COC(=O)[C@H]([C@H](O[Si](C)(C)C(C)(C)C)c1ccc(OC2=CC(=O)C=C(Oc3ccc([C@@H](O[Si](C)(C)C(C)(C)C)[C@H](C(=O)OC)N4C(=O)c5ccccc5C4=O)cc3Cl)C2=O)c(Cl)c1)N1C(=O)c2ccccc2C1=O. The zero-order chi connectivity index (χ0) is 54.6. The number of esters is 2. The van der Waals surface area contributed by atoms with Crippen LogP contribution in [0.3, 0.4) is 0 Å². The number of nitrogens with zero attached hydrogens (tertiary/aromatic N) is 2. The highest BCUT2D eigenvalue weighted by Crippen LogP contribution is 2.46. The van der Waals surface area contributed by atoms with Crippen molar-refractivity contribution < 1.29 is 66.2 Å². The minimum Gasteiger partial charge on any atom is -0.467 e. The van der Waals surface area contributed by atoms with Gasteiger partial charge >= 0.3 is 11.9 Å². The second-order valence-corrected chi connectivity index (χ2v) is 31.2. The highest BCUT2D eigenvalue weighted by molar-refractivity contribution is 6.74. The molecule has 7 rings (SSSR count). The van der Waals surface area contributed by atoms with Gasteiger partial charge < -0.3 is 27.8 Å². The van der Waals surface area contributed by atoms with Crippen LogP contribution in [0.1, 0.15) is 106 Å². The van der Waals surface area contributed by atoms with Crippen LogP contribution in [0.4, 0.5) is 0 Å². The Morgan fingerprint density at radius 2 is 0.824 bits per heavy atom. The molecule has 16 nitrogen and oxygen atoms in total. The number of rotatable bonds is 16. The predicted molar refractivity (Wildman–Crippen MR) is 278 cm³/mol. The molecule has 0 spiro atoms. The summed E-state index contributed by atoms with van der Waals surface area (Å²) in [6.07, 6.45) is -0.706. The summed E-state index contributed by atoms with van der Waals surface area (Å²) in [5, 5.41) is -1.04. The fourth-order valence-corrected chi connectivity index (χ4v) is 11.0. The molecule has 4 amide bonds. The van der Waals surface area contributed by atoms with Crippen molar-refractivity contribution in [3.63, 3.8) is 0 Å². The number of carbonyl (C=O) groups is 8. The van der Waals surface area contributed by atoms with Crippen molar-refractivity contribution in [3.05, 3.63) is 152 Å². The van der Waals surface area contributed by atoms with Gasteiger partial charge in [-0.05, 0) is 95.9 Å². The molecule has 4 atom stereocenters. The van der Waals surface area contributed by atoms with E-state index >= 15 is 0 Å². The number of methoxy groups -OCH3 is 2. The van der Waals surface area contributed by atoms with Crippen LogP contribution < -0.4 is 9.47 Å². The molecule has 1 aliphatic carbocycles. The largest absolute Gasteiger partial charge is 0.467 e. The Labute approximate surface area is 440 Å². The average molecular weight is 1080 g/mol. The number of carbonyl (C=O) groups excluding carboxylic acids is 8. The third-order valence-corrected chi connectivity index (χ3v) is 23.6. The normalized spacial score (nSPS) is 16.8. The third kappa shape index (κ3) is 10.4. The first kappa shape index (κ1) is 55.2. The van der Waals surface area contributed by atoms with Gasteiger partial charge in [-0.25, -0.2) is 9.59 Å². The van der Waals surface area contributed by atoms with Crippen molar-refractivity contribution in [3.8, 4) is 11.5 Å². The number of halogens is 2.